The molecule has 1 unspecified atom stereocenters. The van der Waals surface area contributed by atoms with Gasteiger partial charge in [0.2, 0.25) is 0 Å². The summed E-state index contributed by atoms with van der Waals surface area (Å²) in [4.78, 5) is 8.79. The molecule has 0 N–H and O–H groups in total. The number of piperidine rings is 1. The van der Waals surface area contributed by atoms with Crippen LogP contribution < -0.4 is 0 Å². The van der Waals surface area contributed by atoms with Gasteiger partial charge >= 0.3 is 0 Å². The molecule has 2 rings (SSSR count). The van der Waals surface area contributed by atoms with Crippen molar-refractivity contribution in [3.05, 3.63) is 0 Å². The van der Waals surface area contributed by atoms with Gasteiger partial charge in [-0.15, -0.1) is 0 Å². The Morgan fingerprint density at radius 2 is 2.00 bits per heavy atom. The number of aliphatic imine (C=N–C) groups is 1. The maximum absolute atomic E-state index is 6.04. The molecule has 2 aliphatic rings. The van der Waals surface area contributed by atoms with Crippen molar-refractivity contribution in [1.29, 1.82) is 0 Å². The average molecular weight is 283 g/mol. The first-order valence-corrected chi connectivity index (χ1v) is 7.83. The predicted octanol–water partition coefficient (Wildman–Crippen LogP) is 1.58. The monoisotopic (exact) mass is 283 g/mol. The summed E-state index contributed by atoms with van der Waals surface area (Å²) in [5.74, 6) is 1.07. The van der Waals surface area contributed by atoms with E-state index in [1.807, 2.05) is 21.1 Å². The zero-order valence-corrected chi connectivity index (χ0v) is 13.2. The zero-order valence-electron chi connectivity index (χ0n) is 13.2. The molecule has 1 atom stereocenters. The first-order chi connectivity index (χ1) is 9.70. The van der Waals surface area contributed by atoms with E-state index in [1.54, 1.807) is 0 Å². The summed E-state index contributed by atoms with van der Waals surface area (Å²) in [6.07, 6.45) is 6.53. The molecule has 0 aromatic heterocycles. The molecule has 0 aromatic rings. The molecule has 2 heterocycles. The van der Waals surface area contributed by atoms with Crippen LogP contribution in [-0.4, -0.2) is 75.4 Å². The Labute approximate surface area is 122 Å². The summed E-state index contributed by atoms with van der Waals surface area (Å²) in [7, 11) is 5.95. The van der Waals surface area contributed by atoms with E-state index in [2.05, 4.69) is 14.8 Å². The van der Waals surface area contributed by atoms with Gasteiger partial charge in [-0.2, -0.15) is 0 Å². The summed E-state index contributed by atoms with van der Waals surface area (Å²) < 4.78 is 11.8. The van der Waals surface area contributed by atoms with E-state index in [-0.39, 0.29) is 0 Å². The third-order valence-corrected chi connectivity index (χ3v) is 4.12. The third-order valence-electron chi connectivity index (χ3n) is 4.12. The van der Waals surface area contributed by atoms with Crippen LogP contribution in [0.4, 0.5) is 0 Å². The lowest BCUT2D eigenvalue weighted by Gasteiger charge is -2.36. The summed E-state index contributed by atoms with van der Waals surface area (Å²) >= 11 is 0. The lowest BCUT2D eigenvalue weighted by molar-refractivity contribution is -0.0723. The number of likely N-dealkylation sites (tertiary alicyclic amines) is 1. The number of rotatable bonds is 3. The highest BCUT2D eigenvalue weighted by molar-refractivity contribution is 5.79. The molecule has 2 fully saturated rings. The minimum atomic E-state index is 0.330. The van der Waals surface area contributed by atoms with Crippen LogP contribution in [0.5, 0.6) is 0 Å². The molecule has 0 spiro atoms. The van der Waals surface area contributed by atoms with E-state index in [9.17, 15) is 0 Å². The Hall–Kier alpha value is -0.810. The highest BCUT2D eigenvalue weighted by Gasteiger charge is 2.24. The van der Waals surface area contributed by atoms with Gasteiger partial charge in [-0.1, -0.05) is 0 Å². The molecule has 0 aromatic carbocycles. The maximum Gasteiger partial charge on any atom is 0.195 e. The molecular weight excluding hydrogens is 254 g/mol. The molecule has 5 nitrogen and oxygen atoms in total. The second-order valence-electron chi connectivity index (χ2n) is 5.93. The van der Waals surface area contributed by atoms with Crippen molar-refractivity contribution >= 4 is 5.96 Å². The summed E-state index contributed by atoms with van der Waals surface area (Å²) in [6, 6.07) is 0. The molecule has 0 saturated carbocycles. The van der Waals surface area contributed by atoms with Crippen LogP contribution in [0, 0.1) is 0 Å². The maximum atomic E-state index is 6.04. The second kappa shape index (κ2) is 7.84. The predicted molar refractivity (Wildman–Crippen MR) is 81.2 cm³/mol. The average Bonchev–Trinajstić information content (AvgIpc) is 2.48. The van der Waals surface area contributed by atoms with Crippen molar-refractivity contribution in [2.24, 2.45) is 4.99 Å². The smallest absolute Gasteiger partial charge is 0.195 e. The fourth-order valence-corrected chi connectivity index (χ4v) is 3.03. The first-order valence-electron chi connectivity index (χ1n) is 7.83. The molecular formula is C15H29N3O2. The topological polar surface area (TPSA) is 37.3 Å². The van der Waals surface area contributed by atoms with Gasteiger partial charge in [0.1, 0.15) is 0 Å². The van der Waals surface area contributed by atoms with Gasteiger partial charge in [-0.05, 0) is 32.1 Å². The summed E-state index contributed by atoms with van der Waals surface area (Å²) in [5.41, 5.74) is 0. The van der Waals surface area contributed by atoms with Crippen LogP contribution >= 0.6 is 0 Å². The second-order valence-corrected chi connectivity index (χ2v) is 5.93. The molecule has 116 valence electrons. The molecule has 2 saturated heterocycles. The molecule has 0 aliphatic carbocycles. The molecule has 2 aliphatic heterocycles. The van der Waals surface area contributed by atoms with Gasteiger partial charge in [0, 0.05) is 40.8 Å². The third kappa shape index (κ3) is 4.35. The normalized spacial score (nSPS) is 25.9. The quantitative estimate of drug-likeness (QED) is 0.582. The molecule has 0 radical (unpaired) electrons. The number of guanidine groups is 1. The number of nitrogens with zero attached hydrogens (tertiary/aromatic N) is 3. The number of hydrogen-bond acceptors (Lipinski definition) is 3. The largest absolute Gasteiger partial charge is 0.376 e. The van der Waals surface area contributed by atoms with Crippen molar-refractivity contribution in [2.75, 3.05) is 47.4 Å². The first kappa shape index (κ1) is 15.6. The van der Waals surface area contributed by atoms with E-state index in [0.717, 1.165) is 51.5 Å². The van der Waals surface area contributed by atoms with E-state index in [1.165, 1.54) is 12.8 Å². The molecule has 20 heavy (non-hydrogen) atoms. The molecule has 0 bridgehead atoms. The van der Waals surface area contributed by atoms with Crippen molar-refractivity contribution in [1.82, 2.24) is 9.80 Å². The Bertz CT molecular complexity index is 306. The van der Waals surface area contributed by atoms with Crippen molar-refractivity contribution < 1.29 is 9.47 Å². The van der Waals surface area contributed by atoms with Crippen LogP contribution in [0.1, 0.15) is 32.1 Å². The van der Waals surface area contributed by atoms with Gasteiger partial charge in [-0.3, -0.25) is 4.99 Å². The fraction of sp³-hybridized carbons (Fsp3) is 0.933. The van der Waals surface area contributed by atoms with Gasteiger partial charge in [0.05, 0.1) is 18.8 Å². The lowest BCUT2D eigenvalue weighted by atomic mass is 10.1. The zero-order chi connectivity index (χ0) is 14.4. The van der Waals surface area contributed by atoms with Crippen molar-refractivity contribution in [3.8, 4) is 0 Å². The Morgan fingerprint density at radius 1 is 1.25 bits per heavy atom. The van der Waals surface area contributed by atoms with Gasteiger partial charge in [0.25, 0.3) is 0 Å². The minimum Gasteiger partial charge on any atom is -0.376 e. The van der Waals surface area contributed by atoms with Crippen LogP contribution in [0.15, 0.2) is 4.99 Å². The Morgan fingerprint density at radius 3 is 2.55 bits per heavy atom. The van der Waals surface area contributed by atoms with Gasteiger partial charge in [0.15, 0.2) is 5.96 Å². The van der Waals surface area contributed by atoms with E-state index in [4.69, 9.17) is 9.47 Å². The Kier molecular flexibility index (Phi) is 6.10. The van der Waals surface area contributed by atoms with E-state index < -0.39 is 0 Å². The molecule has 5 heteroatoms. The van der Waals surface area contributed by atoms with Crippen molar-refractivity contribution in [2.45, 2.75) is 44.3 Å². The minimum absolute atomic E-state index is 0.330. The number of ether oxygens (including phenoxy) is 2. The van der Waals surface area contributed by atoms with E-state index >= 15 is 0 Å². The van der Waals surface area contributed by atoms with Crippen LogP contribution in [0.25, 0.3) is 0 Å². The van der Waals surface area contributed by atoms with Crippen molar-refractivity contribution in [3.63, 3.8) is 0 Å². The summed E-state index contributed by atoms with van der Waals surface area (Å²) in [6.45, 7) is 3.74. The lowest BCUT2D eigenvalue weighted by Crippen LogP contribution is -2.46. The Balaban J connectivity index is 1.68. The standard InChI is InChI=1S/C15H29N3O2/c1-16-15(17(2)3)18-9-7-13(8-10-18)20-12-14-6-4-5-11-19-14/h13-14H,4-12H2,1-3H3. The highest BCUT2D eigenvalue weighted by atomic mass is 16.5. The summed E-state index contributed by atoms with van der Waals surface area (Å²) in [5, 5.41) is 0. The van der Waals surface area contributed by atoms with Gasteiger partial charge in [-0.25, -0.2) is 0 Å². The van der Waals surface area contributed by atoms with Crippen LogP contribution in [-0.2, 0) is 9.47 Å². The van der Waals surface area contributed by atoms with E-state index in [0.29, 0.717) is 12.2 Å². The van der Waals surface area contributed by atoms with Crippen LogP contribution in [0.2, 0.25) is 0 Å². The highest BCUT2D eigenvalue weighted by Crippen LogP contribution is 2.18. The van der Waals surface area contributed by atoms with Gasteiger partial charge < -0.3 is 19.3 Å². The number of hydrogen-bond donors (Lipinski definition) is 0. The fourth-order valence-electron chi connectivity index (χ4n) is 3.03. The van der Waals surface area contributed by atoms with Crippen LogP contribution in [0.3, 0.4) is 0 Å². The SMILES string of the molecule is CN=C(N(C)C)N1CCC(OCC2CCCCO2)CC1. The molecule has 0 amide bonds.